The van der Waals surface area contributed by atoms with E-state index in [0.717, 1.165) is 5.56 Å². The fourth-order valence-electron chi connectivity index (χ4n) is 1.37. The first-order valence-electron chi connectivity index (χ1n) is 5.30. The van der Waals surface area contributed by atoms with Crippen LogP contribution in [0.5, 0.6) is 0 Å². The first-order valence-corrected chi connectivity index (χ1v) is 5.30. The predicted molar refractivity (Wildman–Crippen MR) is 62.5 cm³/mol. The Balaban J connectivity index is 1.77. The van der Waals surface area contributed by atoms with Crippen LogP contribution in [-0.4, -0.2) is 12.5 Å². The van der Waals surface area contributed by atoms with Gasteiger partial charge in [-0.1, -0.05) is 30.3 Å². The second-order valence-electron chi connectivity index (χ2n) is 3.50. The van der Waals surface area contributed by atoms with Crippen molar-refractivity contribution in [2.75, 3.05) is 6.61 Å². The van der Waals surface area contributed by atoms with Crippen molar-refractivity contribution in [1.82, 2.24) is 5.48 Å². The van der Waals surface area contributed by atoms with Crippen molar-refractivity contribution in [3.05, 3.63) is 59.9 Å². The molecule has 0 fully saturated rings. The van der Waals surface area contributed by atoms with E-state index in [-0.39, 0.29) is 5.91 Å². The van der Waals surface area contributed by atoms with Crippen LogP contribution in [0, 0.1) is 0 Å². The summed E-state index contributed by atoms with van der Waals surface area (Å²) in [7, 11) is 0. The first kappa shape index (κ1) is 11.4. The van der Waals surface area contributed by atoms with Crippen LogP contribution in [0.2, 0.25) is 0 Å². The van der Waals surface area contributed by atoms with Crippen molar-refractivity contribution >= 4 is 5.91 Å². The molecule has 1 heterocycles. The summed E-state index contributed by atoms with van der Waals surface area (Å²) >= 11 is 0. The molecule has 0 saturated heterocycles. The van der Waals surface area contributed by atoms with Crippen molar-refractivity contribution in [3.8, 4) is 0 Å². The third-order valence-corrected chi connectivity index (χ3v) is 2.25. The molecule has 2 rings (SSSR count). The third-order valence-electron chi connectivity index (χ3n) is 2.25. The Bertz CT molecular complexity index is 437. The standard InChI is InChI=1S/C13H13NO3/c15-13(12-6-8-16-9-7-12)14-17-10-11-4-2-1-3-5-11/h1-8H,9-10H2,(H,14,15). The van der Waals surface area contributed by atoms with Gasteiger partial charge in [-0.25, -0.2) is 5.48 Å². The minimum Gasteiger partial charge on any atom is -0.497 e. The Morgan fingerprint density at radius 2 is 2.18 bits per heavy atom. The van der Waals surface area contributed by atoms with Crippen molar-refractivity contribution < 1.29 is 14.4 Å². The average molecular weight is 231 g/mol. The highest BCUT2D eigenvalue weighted by Crippen LogP contribution is 2.04. The predicted octanol–water partition coefficient (Wildman–Crippen LogP) is 1.70. The summed E-state index contributed by atoms with van der Waals surface area (Å²) in [6.45, 7) is 0.762. The van der Waals surface area contributed by atoms with Gasteiger partial charge in [-0.15, -0.1) is 0 Å². The van der Waals surface area contributed by atoms with Gasteiger partial charge in [0.2, 0.25) is 0 Å². The van der Waals surface area contributed by atoms with Crippen LogP contribution in [0.25, 0.3) is 0 Å². The Morgan fingerprint density at radius 1 is 1.35 bits per heavy atom. The molecule has 1 aromatic carbocycles. The summed E-state index contributed by atoms with van der Waals surface area (Å²) in [5.41, 5.74) is 3.94. The van der Waals surface area contributed by atoms with Gasteiger partial charge in [0, 0.05) is 5.57 Å². The van der Waals surface area contributed by atoms with Crippen molar-refractivity contribution in [2.24, 2.45) is 0 Å². The molecule has 0 atom stereocenters. The zero-order valence-corrected chi connectivity index (χ0v) is 9.26. The lowest BCUT2D eigenvalue weighted by atomic mass is 10.2. The molecule has 0 aromatic heterocycles. The van der Waals surface area contributed by atoms with Gasteiger partial charge in [-0.3, -0.25) is 9.63 Å². The zero-order chi connectivity index (χ0) is 11.9. The Morgan fingerprint density at radius 3 is 2.88 bits per heavy atom. The normalized spacial score (nSPS) is 13.8. The topological polar surface area (TPSA) is 47.6 Å². The zero-order valence-electron chi connectivity index (χ0n) is 9.26. The lowest BCUT2D eigenvalue weighted by molar-refractivity contribution is -0.130. The molecule has 1 aromatic rings. The smallest absolute Gasteiger partial charge is 0.274 e. The van der Waals surface area contributed by atoms with Gasteiger partial charge in [0.15, 0.2) is 0 Å². The summed E-state index contributed by atoms with van der Waals surface area (Å²) in [6, 6.07) is 9.63. The molecule has 0 spiro atoms. The number of hydrogen-bond donors (Lipinski definition) is 1. The quantitative estimate of drug-likeness (QED) is 0.802. The molecule has 0 aliphatic carbocycles. The maximum atomic E-state index is 11.6. The number of benzene rings is 1. The fraction of sp³-hybridized carbons (Fsp3) is 0.154. The second kappa shape index (κ2) is 5.86. The van der Waals surface area contributed by atoms with Gasteiger partial charge >= 0.3 is 0 Å². The van der Waals surface area contributed by atoms with E-state index in [9.17, 15) is 4.79 Å². The molecule has 0 bridgehead atoms. The van der Waals surface area contributed by atoms with E-state index in [1.807, 2.05) is 30.3 Å². The van der Waals surface area contributed by atoms with Gasteiger partial charge in [0.1, 0.15) is 6.61 Å². The van der Waals surface area contributed by atoms with Gasteiger partial charge in [0.25, 0.3) is 5.91 Å². The molecule has 1 amide bonds. The van der Waals surface area contributed by atoms with Gasteiger partial charge < -0.3 is 4.74 Å². The second-order valence-corrected chi connectivity index (χ2v) is 3.50. The summed E-state index contributed by atoms with van der Waals surface area (Å²) in [5.74, 6) is -0.263. The molecule has 1 aliphatic rings. The van der Waals surface area contributed by atoms with Crippen molar-refractivity contribution in [2.45, 2.75) is 6.61 Å². The van der Waals surface area contributed by atoms with Crippen molar-refractivity contribution in [3.63, 3.8) is 0 Å². The monoisotopic (exact) mass is 231 g/mol. The number of hydroxylamine groups is 1. The van der Waals surface area contributed by atoms with E-state index in [4.69, 9.17) is 9.57 Å². The van der Waals surface area contributed by atoms with Gasteiger partial charge in [-0.2, -0.15) is 0 Å². The molecule has 1 aliphatic heterocycles. The summed E-state index contributed by atoms with van der Waals surface area (Å²) in [5, 5.41) is 0. The van der Waals surface area contributed by atoms with Crippen LogP contribution in [0.1, 0.15) is 5.56 Å². The number of hydrogen-bond acceptors (Lipinski definition) is 3. The number of carbonyl (C=O) groups is 1. The lowest BCUT2D eigenvalue weighted by Crippen LogP contribution is -2.25. The molecule has 0 radical (unpaired) electrons. The van der Waals surface area contributed by atoms with Crippen LogP contribution in [0.4, 0.5) is 0 Å². The number of amides is 1. The van der Waals surface area contributed by atoms with Gasteiger partial charge in [-0.05, 0) is 17.7 Å². The lowest BCUT2D eigenvalue weighted by Gasteiger charge is -2.09. The van der Waals surface area contributed by atoms with E-state index in [2.05, 4.69) is 5.48 Å². The average Bonchev–Trinajstić information content (AvgIpc) is 2.41. The van der Waals surface area contributed by atoms with E-state index in [0.29, 0.717) is 18.8 Å². The van der Waals surface area contributed by atoms with Crippen LogP contribution >= 0.6 is 0 Å². The molecule has 4 heteroatoms. The maximum Gasteiger partial charge on any atom is 0.274 e. The SMILES string of the molecule is O=C(NOCc1ccccc1)C1=CCOC=C1. The largest absolute Gasteiger partial charge is 0.497 e. The highest BCUT2D eigenvalue weighted by Gasteiger charge is 2.08. The van der Waals surface area contributed by atoms with Gasteiger partial charge in [0.05, 0.1) is 12.9 Å². The fourth-order valence-corrected chi connectivity index (χ4v) is 1.37. The highest BCUT2D eigenvalue weighted by atomic mass is 16.6. The van der Waals surface area contributed by atoms with Crippen LogP contribution in [0.15, 0.2) is 54.3 Å². The highest BCUT2D eigenvalue weighted by molar-refractivity contribution is 5.95. The molecule has 4 nitrogen and oxygen atoms in total. The molecule has 1 N–H and O–H groups in total. The summed E-state index contributed by atoms with van der Waals surface area (Å²) < 4.78 is 4.95. The molecule has 0 unspecified atom stereocenters. The van der Waals surface area contributed by atoms with Crippen LogP contribution in [0.3, 0.4) is 0 Å². The number of carbonyl (C=O) groups excluding carboxylic acids is 1. The van der Waals surface area contributed by atoms with Crippen LogP contribution in [-0.2, 0) is 21.0 Å². The van der Waals surface area contributed by atoms with E-state index < -0.39 is 0 Å². The molecular formula is C13H13NO3. The first-order chi connectivity index (χ1) is 8.36. The number of rotatable bonds is 4. The summed E-state index contributed by atoms with van der Waals surface area (Å²) in [4.78, 5) is 16.7. The Kier molecular flexibility index (Phi) is 3.94. The van der Waals surface area contributed by atoms with E-state index in [1.54, 1.807) is 12.2 Å². The minimum atomic E-state index is -0.263. The Labute approximate surface area is 99.5 Å². The Hall–Kier alpha value is -2.07. The molecule has 17 heavy (non-hydrogen) atoms. The minimum absolute atomic E-state index is 0.263. The third kappa shape index (κ3) is 3.46. The molecule has 88 valence electrons. The number of nitrogens with one attached hydrogen (secondary N) is 1. The summed E-state index contributed by atoms with van der Waals surface area (Å²) in [6.07, 6.45) is 4.79. The number of ether oxygens (including phenoxy) is 1. The molecule has 0 saturated carbocycles. The van der Waals surface area contributed by atoms with Crippen LogP contribution < -0.4 is 5.48 Å². The van der Waals surface area contributed by atoms with Crippen molar-refractivity contribution in [1.29, 1.82) is 0 Å². The molecular weight excluding hydrogens is 218 g/mol. The van der Waals surface area contributed by atoms with E-state index in [1.165, 1.54) is 6.26 Å². The van der Waals surface area contributed by atoms with E-state index >= 15 is 0 Å². The maximum absolute atomic E-state index is 11.6.